The Hall–Kier alpha value is -5.51. The predicted octanol–water partition coefficient (Wildman–Crippen LogP) is 9.72. The average Bonchev–Trinajstić information content (AvgIpc) is 3.16. The van der Waals surface area contributed by atoms with Crippen LogP contribution in [0.15, 0.2) is 108 Å². The topological polar surface area (TPSA) is 95.2 Å². The molecule has 6 aromatic rings. The minimum Gasteiger partial charge on any atom is -0.192 e. The van der Waals surface area contributed by atoms with Crippen LogP contribution in [0.2, 0.25) is 0 Å². The van der Waals surface area contributed by atoms with Gasteiger partial charge in [0.1, 0.15) is 12.1 Å². The molecule has 4 bridgehead atoms. The van der Waals surface area contributed by atoms with Gasteiger partial charge >= 0.3 is 0 Å². The number of benzene rings is 6. The number of nitrogens with zero attached hydrogens (tertiary/aromatic N) is 4. The molecule has 0 heterocycles. The van der Waals surface area contributed by atoms with Crippen LogP contribution < -0.4 is 0 Å². The highest BCUT2D eigenvalue weighted by Gasteiger charge is 2.54. The van der Waals surface area contributed by atoms with Crippen molar-refractivity contribution in [2.45, 2.75) is 23.2 Å². The number of hydrogen-bond donors (Lipinski definition) is 0. The minimum atomic E-state index is -0.707. The Morgan fingerprint density at radius 3 is 1.80 bits per heavy atom. The first-order chi connectivity index (χ1) is 24.4. The van der Waals surface area contributed by atoms with Crippen LogP contribution in [0.25, 0.3) is 0 Å². The summed E-state index contributed by atoms with van der Waals surface area (Å²) in [6.45, 7) is 0. The van der Waals surface area contributed by atoms with Gasteiger partial charge in [0.15, 0.2) is 0 Å². The van der Waals surface area contributed by atoms with Gasteiger partial charge in [0.25, 0.3) is 0 Å². The predicted molar refractivity (Wildman–Crippen MR) is 200 cm³/mol. The van der Waals surface area contributed by atoms with E-state index in [1.54, 1.807) is 0 Å². The molecule has 6 aliphatic carbocycles. The Bertz CT molecular complexity index is 2770. The summed E-state index contributed by atoms with van der Waals surface area (Å²) in [5.74, 6) is -0.314. The second-order valence-corrected chi connectivity index (χ2v) is 15.5. The summed E-state index contributed by atoms with van der Waals surface area (Å²) in [6, 6.07) is 45.6. The fraction of sp³-hybridized carbons (Fsp3) is 0.0909. The van der Waals surface area contributed by atoms with Gasteiger partial charge in [-0.2, -0.15) is 21.0 Å². The van der Waals surface area contributed by atoms with Crippen LogP contribution in [0.1, 0.15) is 112 Å². The zero-order valence-electron chi connectivity index (χ0n) is 26.1. The third-order valence-electron chi connectivity index (χ3n) is 11.4. The second-order valence-electron chi connectivity index (χ2n) is 13.5. The molecule has 4 atom stereocenters. The molecule has 6 heteroatoms. The van der Waals surface area contributed by atoms with Gasteiger partial charge in [-0.15, -0.1) is 0 Å². The van der Waals surface area contributed by atoms with Crippen LogP contribution in [0.4, 0.5) is 0 Å². The van der Waals surface area contributed by atoms with E-state index in [1.807, 2.05) is 30.3 Å². The molecule has 0 aliphatic heterocycles. The molecular formula is C44H20BrIN4. The fourth-order valence-electron chi connectivity index (χ4n) is 9.62. The lowest BCUT2D eigenvalue weighted by atomic mass is 9.50. The van der Waals surface area contributed by atoms with Gasteiger partial charge in [-0.1, -0.05) is 54.6 Å². The second kappa shape index (κ2) is 10.3. The first kappa shape index (κ1) is 29.4. The summed E-state index contributed by atoms with van der Waals surface area (Å²) in [4.78, 5) is 0. The smallest absolute Gasteiger partial charge is 0.100 e. The maximum absolute atomic E-state index is 10.1. The molecule has 12 rings (SSSR count). The Labute approximate surface area is 310 Å². The highest BCUT2D eigenvalue weighted by atomic mass is 127. The summed E-state index contributed by atoms with van der Waals surface area (Å²) in [6.07, 6.45) is 0. The van der Waals surface area contributed by atoms with E-state index < -0.39 is 5.41 Å². The van der Waals surface area contributed by atoms with Gasteiger partial charge in [0, 0.05) is 25.8 Å². The zero-order chi connectivity index (χ0) is 34.1. The van der Waals surface area contributed by atoms with Crippen molar-refractivity contribution in [3.05, 3.63) is 206 Å². The first-order valence-corrected chi connectivity index (χ1v) is 18.1. The van der Waals surface area contributed by atoms with E-state index in [9.17, 15) is 21.0 Å². The molecule has 50 heavy (non-hydrogen) atoms. The van der Waals surface area contributed by atoms with Crippen LogP contribution in [0.5, 0.6) is 0 Å². The lowest BCUT2D eigenvalue weighted by molar-refractivity contribution is 0.625. The van der Waals surface area contributed by atoms with E-state index in [0.29, 0.717) is 22.3 Å². The number of halogens is 2. The van der Waals surface area contributed by atoms with Crippen LogP contribution in [0.3, 0.4) is 0 Å². The molecule has 0 amide bonds. The van der Waals surface area contributed by atoms with Crippen LogP contribution in [0, 0.1) is 48.9 Å². The lowest BCUT2D eigenvalue weighted by Gasteiger charge is -2.52. The van der Waals surface area contributed by atoms with Gasteiger partial charge in [0.05, 0.1) is 39.8 Å². The van der Waals surface area contributed by atoms with Gasteiger partial charge in [0.2, 0.25) is 0 Å². The van der Waals surface area contributed by atoms with Crippen LogP contribution >= 0.6 is 38.5 Å². The highest BCUT2D eigenvalue weighted by Crippen LogP contribution is 2.64. The van der Waals surface area contributed by atoms with E-state index in [2.05, 4.69) is 136 Å². The molecule has 6 aromatic carbocycles. The molecule has 0 fully saturated rings. The van der Waals surface area contributed by atoms with E-state index in [0.717, 1.165) is 47.0 Å². The molecule has 4 unspecified atom stereocenters. The van der Waals surface area contributed by atoms with Gasteiger partial charge in [-0.3, -0.25) is 0 Å². The SMILES string of the molecule is N#Cc1ccc2c(c1)C1c3cc(C45c6ccccc6C(c6cc(C#N)ccc64)c4cc(C#N)c(I)cc45)ccc3C2c2cc(Br)c(C#N)cc21. The standard InChI is InChI=1S/C44H20BrIN4/c45-39-16-33-31(13-24(39)20-49)43-30-11-22(18-47)5-8-27(30)41(33)28-9-7-26(15-32(28)43)44-36-4-2-1-3-29(36)42(34-12-23(19-48)6-10-37(34)44)35-14-25(21-50)40(46)17-38(35)44/h1-17,41-43H. The molecular weight excluding hydrogens is 791 g/mol. The van der Waals surface area contributed by atoms with E-state index >= 15 is 0 Å². The molecule has 0 saturated heterocycles. The minimum absolute atomic E-state index is 0.0467. The summed E-state index contributed by atoms with van der Waals surface area (Å²) in [5.41, 5.74) is 16.7. The van der Waals surface area contributed by atoms with Crippen molar-refractivity contribution in [2.75, 3.05) is 0 Å². The van der Waals surface area contributed by atoms with E-state index in [1.165, 1.54) is 33.4 Å². The first-order valence-electron chi connectivity index (χ1n) is 16.2. The third kappa shape index (κ3) is 3.50. The molecule has 6 aliphatic rings. The van der Waals surface area contributed by atoms with Crippen molar-refractivity contribution >= 4 is 38.5 Å². The van der Waals surface area contributed by atoms with Crippen molar-refractivity contribution in [3.8, 4) is 24.3 Å². The fourth-order valence-corrected chi connectivity index (χ4v) is 10.7. The molecule has 4 nitrogen and oxygen atoms in total. The van der Waals surface area contributed by atoms with E-state index in [4.69, 9.17) is 0 Å². The Balaban J connectivity index is 1.32. The van der Waals surface area contributed by atoms with Crippen molar-refractivity contribution in [3.63, 3.8) is 0 Å². The van der Waals surface area contributed by atoms with Gasteiger partial charge in [-0.05, 0) is 159 Å². The van der Waals surface area contributed by atoms with Crippen LogP contribution in [-0.4, -0.2) is 0 Å². The van der Waals surface area contributed by atoms with E-state index in [-0.39, 0.29) is 17.8 Å². The van der Waals surface area contributed by atoms with Gasteiger partial charge in [-0.25, -0.2) is 0 Å². The monoisotopic (exact) mass is 810 g/mol. The molecule has 0 spiro atoms. The maximum Gasteiger partial charge on any atom is 0.100 e. The normalized spacial score (nSPS) is 20.4. The number of hydrogen-bond acceptors (Lipinski definition) is 4. The molecule has 0 N–H and O–H groups in total. The summed E-state index contributed by atoms with van der Waals surface area (Å²) in [7, 11) is 0. The third-order valence-corrected chi connectivity index (χ3v) is 13.0. The molecule has 0 saturated carbocycles. The summed E-state index contributed by atoms with van der Waals surface area (Å²) < 4.78 is 1.69. The van der Waals surface area contributed by atoms with Crippen LogP contribution in [-0.2, 0) is 5.41 Å². The zero-order valence-corrected chi connectivity index (χ0v) is 29.8. The average molecular weight is 811 g/mol. The summed E-state index contributed by atoms with van der Waals surface area (Å²) in [5, 5.41) is 40.2. The number of nitriles is 4. The summed E-state index contributed by atoms with van der Waals surface area (Å²) >= 11 is 5.95. The molecule has 0 aromatic heterocycles. The lowest BCUT2D eigenvalue weighted by Crippen LogP contribution is -2.43. The quantitative estimate of drug-likeness (QED) is 0.154. The molecule has 230 valence electrons. The maximum atomic E-state index is 10.1. The largest absolute Gasteiger partial charge is 0.192 e. The van der Waals surface area contributed by atoms with Gasteiger partial charge < -0.3 is 0 Å². The number of rotatable bonds is 1. The van der Waals surface area contributed by atoms with Crippen molar-refractivity contribution in [1.82, 2.24) is 0 Å². The van der Waals surface area contributed by atoms with Crippen molar-refractivity contribution < 1.29 is 0 Å². The highest BCUT2D eigenvalue weighted by molar-refractivity contribution is 14.1. The van der Waals surface area contributed by atoms with Crippen molar-refractivity contribution in [1.29, 1.82) is 21.0 Å². The Morgan fingerprint density at radius 1 is 0.480 bits per heavy atom. The Kier molecular flexibility index (Phi) is 6.03. The Morgan fingerprint density at radius 2 is 1.04 bits per heavy atom. The van der Waals surface area contributed by atoms with Crippen molar-refractivity contribution in [2.24, 2.45) is 0 Å². The molecule has 0 radical (unpaired) electrons.